The number of benzene rings is 1. The van der Waals surface area contributed by atoms with Crippen molar-refractivity contribution in [3.63, 3.8) is 0 Å². The summed E-state index contributed by atoms with van der Waals surface area (Å²) in [6, 6.07) is 9.56. The topological polar surface area (TPSA) is 79.0 Å². The van der Waals surface area contributed by atoms with Gasteiger partial charge in [0.1, 0.15) is 0 Å². The zero-order valence-electron chi connectivity index (χ0n) is 17.3. The predicted octanol–water partition coefficient (Wildman–Crippen LogP) is 3.86. The van der Waals surface area contributed by atoms with Gasteiger partial charge < -0.3 is 4.90 Å². The molecule has 3 rings (SSSR count). The molecule has 1 aliphatic carbocycles. The van der Waals surface area contributed by atoms with Crippen LogP contribution in [-0.2, 0) is 4.79 Å². The Kier molecular flexibility index (Phi) is 6.96. The van der Waals surface area contributed by atoms with Gasteiger partial charge in [0.25, 0.3) is 5.56 Å². The number of para-hydroxylation sites is 1. The minimum atomic E-state index is -0.0655. The molecule has 154 valence electrons. The van der Waals surface area contributed by atoms with Crippen LogP contribution in [0.15, 0.2) is 34.2 Å². The van der Waals surface area contributed by atoms with Crippen molar-refractivity contribution in [2.45, 2.75) is 50.7 Å². The zero-order chi connectivity index (χ0) is 21.0. The summed E-state index contributed by atoms with van der Waals surface area (Å²) >= 11 is 1.32. The Bertz CT molecular complexity index is 981. The smallest absolute Gasteiger partial charge is 0.262 e. The molecule has 7 heteroatoms. The number of amides is 1. The fraction of sp³-hybridized carbons (Fsp3) is 0.545. The van der Waals surface area contributed by atoms with Crippen LogP contribution in [0.1, 0.15) is 45.6 Å². The van der Waals surface area contributed by atoms with Crippen LogP contribution in [0.4, 0.5) is 0 Å². The van der Waals surface area contributed by atoms with Gasteiger partial charge in [-0.1, -0.05) is 50.6 Å². The highest BCUT2D eigenvalue weighted by molar-refractivity contribution is 7.99. The molecule has 0 N–H and O–H groups in total. The average molecular weight is 413 g/mol. The van der Waals surface area contributed by atoms with Crippen molar-refractivity contribution in [1.82, 2.24) is 14.5 Å². The first kappa shape index (κ1) is 21.4. The highest BCUT2D eigenvalue weighted by Crippen LogP contribution is 2.38. The van der Waals surface area contributed by atoms with Gasteiger partial charge in [0.15, 0.2) is 5.16 Å². The van der Waals surface area contributed by atoms with E-state index in [9.17, 15) is 9.59 Å². The van der Waals surface area contributed by atoms with E-state index in [1.165, 1.54) is 18.2 Å². The lowest BCUT2D eigenvalue weighted by Crippen LogP contribution is -2.36. The summed E-state index contributed by atoms with van der Waals surface area (Å²) in [6.07, 6.45) is 3.53. The molecule has 0 spiro atoms. The summed E-state index contributed by atoms with van der Waals surface area (Å²) in [5.74, 6) is 1.05. The number of rotatable bonds is 6. The van der Waals surface area contributed by atoms with E-state index in [1.807, 2.05) is 28.8 Å². The Morgan fingerprint density at radius 1 is 1.34 bits per heavy atom. The molecule has 0 unspecified atom stereocenters. The van der Waals surface area contributed by atoms with Gasteiger partial charge >= 0.3 is 0 Å². The summed E-state index contributed by atoms with van der Waals surface area (Å²) in [6.45, 7) is 4.87. The summed E-state index contributed by atoms with van der Waals surface area (Å²) in [5.41, 5.74) is 0.646. The predicted molar refractivity (Wildman–Crippen MR) is 116 cm³/mol. The van der Waals surface area contributed by atoms with Crippen LogP contribution in [0.3, 0.4) is 0 Å². The van der Waals surface area contributed by atoms with Gasteiger partial charge in [0, 0.05) is 19.6 Å². The molecule has 29 heavy (non-hydrogen) atoms. The van der Waals surface area contributed by atoms with E-state index < -0.39 is 0 Å². The largest absolute Gasteiger partial charge is 0.344 e. The van der Waals surface area contributed by atoms with Crippen molar-refractivity contribution in [1.29, 1.82) is 5.26 Å². The molecule has 1 aromatic carbocycles. The fourth-order valence-electron chi connectivity index (χ4n) is 4.02. The van der Waals surface area contributed by atoms with E-state index in [4.69, 9.17) is 10.2 Å². The molecule has 1 aliphatic rings. The highest BCUT2D eigenvalue weighted by atomic mass is 32.2. The number of hydrogen-bond donors (Lipinski definition) is 0. The molecule has 0 bridgehead atoms. The third-order valence-corrected chi connectivity index (χ3v) is 7.02. The molecule has 1 saturated carbocycles. The van der Waals surface area contributed by atoms with Crippen LogP contribution in [0.5, 0.6) is 0 Å². The number of fused-ring (bicyclic) bond motifs is 1. The van der Waals surface area contributed by atoms with Crippen molar-refractivity contribution in [2.75, 3.05) is 19.3 Å². The number of carbonyl (C=O) groups is 1. The first-order chi connectivity index (χ1) is 13.9. The lowest BCUT2D eigenvalue weighted by Gasteiger charge is -2.36. The molecule has 1 amide bonds. The molecule has 1 heterocycles. The van der Waals surface area contributed by atoms with Crippen LogP contribution in [-0.4, -0.2) is 39.7 Å². The highest BCUT2D eigenvalue weighted by Gasteiger charge is 2.31. The number of aromatic nitrogens is 2. The van der Waals surface area contributed by atoms with E-state index in [-0.39, 0.29) is 23.3 Å². The second-order valence-electron chi connectivity index (χ2n) is 7.93. The van der Waals surface area contributed by atoms with E-state index in [2.05, 4.69) is 19.9 Å². The van der Waals surface area contributed by atoms with E-state index in [1.54, 1.807) is 11.9 Å². The monoisotopic (exact) mass is 412 g/mol. The summed E-state index contributed by atoms with van der Waals surface area (Å²) in [4.78, 5) is 32.2. The Labute approximate surface area is 175 Å². The summed E-state index contributed by atoms with van der Waals surface area (Å²) in [5, 5.41) is 9.96. The third-order valence-electron chi connectivity index (χ3n) is 6.08. The van der Waals surface area contributed by atoms with Gasteiger partial charge in [0.05, 0.1) is 29.1 Å². The molecule has 0 radical (unpaired) electrons. The van der Waals surface area contributed by atoms with Crippen LogP contribution >= 0.6 is 11.8 Å². The molecule has 3 atom stereocenters. The third kappa shape index (κ3) is 4.64. The van der Waals surface area contributed by atoms with Gasteiger partial charge in [-0.05, 0) is 30.4 Å². The summed E-state index contributed by atoms with van der Waals surface area (Å²) in [7, 11) is 1.70. The SMILES string of the molecule is C[C@@H]1[C@H](C)CCC[C@@H]1n1c(SCC(=O)N(C)CCC#N)nc2ccccc2c1=O. The maximum Gasteiger partial charge on any atom is 0.262 e. The number of nitriles is 1. The maximum absolute atomic E-state index is 13.4. The quantitative estimate of drug-likeness (QED) is 0.532. The second kappa shape index (κ2) is 9.45. The minimum Gasteiger partial charge on any atom is -0.344 e. The first-order valence-corrected chi connectivity index (χ1v) is 11.2. The van der Waals surface area contributed by atoms with E-state index in [0.717, 1.165) is 12.8 Å². The van der Waals surface area contributed by atoms with Gasteiger partial charge in [0.2, 0.25) is 5.91 Å². The Morgan fingerprint density at radius 2 is 2.10 bits per heavy atom. The molecule has 1 aromatic heterocycles. The molecular weight excluding hydrogens is 384 g/mol. The molecule has 0 saturated heterocycles. The Morgan fingerprint density at radius 3 is 2.86 bits per heavy atom. The van der Waals surface area contributed by atoms with Crippen molar-refractivity contribution < 1.29 is 4.79 Å². The van der Waals surface area contributed by atoms with E-state index in [0.29, 0.717) is 40.9 Å². The second-order valence-corrected chi connectivity index (χ2v) is 8.88. The molecule has 2 aromatic rings. The van der Waals surface area contributed by atoms with Crippen LogP contribution in [0.2, 0.25) is 0 Å². The minimum absolute atomic E-state index is 0.0191. The van der Waals surface area contributed by atoms with Crippen LogP contribution < -0.4 is 5.56 Å². The molecule has 1 fully saturated rings. The maximum atomic E-state index is 13.4. The standard InChI is InChI=1S/C22H28N4O2S/c1-15-8-6-11-19(16(15)2)26-21(28)17-9-4-5-10-18(17)24-22(26)29-14-20(27)25(3)13-7-12-23/h4-5,9-10,15-16,19H,6-8,11,13-14H2,1-3H3/t15-,16-,19+/m1/s1. The summed E-state index contributed by atoms with van der Waals surface area (Å²) < 4.78 is 1.84. The van der Waals surface area contributed by atoms with Crippen molar-refractivity contribution in [3.8, 4) is 6.07 Å². The van der Waals surface area contributed by atoms with Crippen molar-refractivity contribution in [3.05, 3.63) is 34.6 Å². The Hall–Kier alpha value is -2.33. The normalized spacial score (nSPS) is 21.7. The van der Waals surface area contributed by atoms with Gasteiger partial charge in [-0.3, -0.25) is 14.2 Å². The number of hydrogen-bond acceptors (Lipinski definition) is 5. The number of carbonyl (C=O) groups excluding carboxylic acids is 1. The molecule has 0 aliphatic heterocycles. The van der Waals surface area contributed by atoms with Crippen molar-refractivity contribution in [2.24, 2.45) is 11.8 Å². The van der Waals surface area contributed by atoms with Gasteiger partial charge in [-0.15, -0.1) is 0 Å². The zero-order valence-corrected chi connectivity index (χ0v) is 18.1. The lowest BCUT2D eigenvalue weighted by molar-refractivity contribution is -0.127. The van der Waals surface area contributed by atoms with Gasteiger partial charge in [-0.2, -0.15) is 5.26 Å². The number of thioether (sulfide) groups is 1. The Balaban J connectivity index is 1.96. The lowest BCUT2D eigenvalue weighted by atomic mass is 9.78. The van der Waals surface area contributed by atoms with Crippen LogP contribution in [0.25, 0.3) is 10.9 Å². The van der Waals surface area contributed by atoms with Crippen LogP contribution in [0, 0.1) is 23.2 Å². The molecular formula is C22H28N4O2S. The number of nitrogens with zero attached hydrogens (tertiary/aromatic N) is 4. The van der Waals surface area contributed by atoms with Gasteiger partial charge in [-0.25, -0.2) is 4.98 Å². The average Bonchev–Trinajstić information content (AvgIpc) is 2.72. The molecule has 6 nitrogen and oxygen atoms in total. The van der Waals surface area contributed by atoms with E-state index >= 15 is 0 Å². The first-order valence-electron chi connectivity index (χ1n) is 10.2. The van der Waals surface area contributed by atoms with Crippen molar-refractivity contribution >= 4 is 28.6 Å². The fourth-order valence-corrected chi connectivity index (χ4v) is 5.01.